The van der Waals surface area contributed by atoms with Crippen LogP contribution in [0.2, 0.25) is 0 Å². The molecule has 0 saturated heterocycles. The van der Waals surface area contributed by atoms with Gasteiger partial charge in [0, 0.05) is 13.0 Å². The molecule has 0 aliphatic carbocycles. The summed E-state index contributed by atoms with van der Waals surface area (Å²) < 4.78 is 29.7. The second-order valence-corrected chi connectivity index (χ2v) is 9.26. The van der Waals surface area contributed by atoms with E-state index in [4.69, 9.17) is 4.55 Å². The largest absolute Gasteiger partial charge is 1.00 e. The Labute approximate surface area is 197 Å². The quantitative estimate of drug-likeness (QED) is 0.177. The molecule has 2 N–H and O–H groups in total. The maximum absolute atomic E-state index is 11.6. The third-order valence-corrected chi connectivity index (χ3v) is 5.71. The molecule has 0 aromatic rings. The van der Waals surface area contributed by atoms with Gasteiger partial charge in [0.1, 0.15) is 0 Å². The molecule has 0 atom stereocenters. The van der Waals surface area contributed by atoms with Crippen LogP contribution in [0.15, 0.2) is 0 Å². The molecule has 5 nitrogen and oxygen atoms in total. The molecule has 0 fully saturated rings. The van der Waals surface area contributed by atoms with Crippen LogP contribution in [0, 0.1) is 0 Å². The minimum atomic E-state index is -3.92. The molecule has 0 aliphatic rings. The van der Waals surface area contributed by atoms with E-state index in [2.05, 4.69) is 12.2 Å². The molecule has 0 heterocycles. The van der Waals surface area contributed by atoms with Crippen molar-refractivity contribution < 1.29 is 48.7 Å². The van der Waals surface area contributed by atoms with E-state index in [-0.39, 0.29) is 49.1 Å². The summed E-state index contributed by atoms with van der Waals surface area (Å²) >= 11 is 0. The van der Waals surface area contributed by atoms with E-state index in [1.165, 1.54) is 83.5 Å². The van der Waals surface area contributed by atoms with Crippen LogP contribution in [0.4, 0.5) is 0 Å². The molecule has 28 heavy (non-hydrogen) atoms. The topological polar surface area (TPSA) is 83.5 Å². The normalized spacial score (nSPS) is 11.2. The molecule has 1 amide bonds. The summed E-state index contributed by atoms with van der Waals surface area (Å²) in [4.78, 5) is 11.6. The molecule has 0 radical (unpaired) electrons. The first-order chi connectivity index (χ1) is 13.0. The molecular formula is C21H44NNaO4S. The van der Waals surface area contributed by atoms with Crippen molar-refractivity contribution in [3.8, 4) is 0 Å². The number of hydrogen-bond donors (Lipinski definition) is 2. The number of hydrogen-bond acceptors (Lipinski definition) is 3. The average molecular weight is 430 g/mol. The predicted molar refractivity (Wildman–Crippen MR) is 115 cm³/mol. The van der Waals surface area contributed by atoms with Gasteiger partial charge in [0.05, 0.1) is 5.75 Å². The summed E-state index contributed by atoms with van der Waals surface area (Å²) in [6.07, 6.45) is 20.3. The fourth-order valence-electron chi connectivity index (χ4n) is 3.23. The fourth-order valence-corrected chi connectivity index (χ4v) is 3.74. The van der Waals surface area contributed by atoms with Crippen LogP contribution in [0.3, 0.4) is 0 Å². The Morgan fingerprint density at radius 1 is 0.750 bits per heavy atom. The zero-order valence-corrected chi connectivity index (χ0v) is 21.3. The van der Waals surface area contributed by atoms with Gasteiger partial charge in [0.15, 0.2) is 0 Å². The van der Waals surface area contributed by atoms with Gasteiger partial charge in [0.25, 0.3) is 10.1 Å². The van der Waals surface area contributed by atoms with E-state index in [0.29, 0.717) is 13.0 Å². The summed E-state index contributed by atoms with van der Waals surface area (Å²) in [5, 5.41) is 2.69. The third kappa shape index (κ3) is 26.4. The van der Waals surface area contributed by atoms with Crippen molar-refractivity contribution in [2.45, 2.75) is 116 Å². The molecular weight excluding hydrogens is 385 g/mol. The SMILES string of the molecule is CCCCCCCCCCCCCCCCCC(=O)NCCCS(=O)(=O)O.[H-].[Na+]. The third-order valence-electron chi connectivity index (χ3n) is 4.91. The van der Waals surface area contributed by atoms with Gasteiger partial charge in [-0.15, -0.1) is 0 Å². The van der Waals surface area contributed by atoms with Crippen molar-refractivity contribution in [1.82, 2.24) is 5.32 Å². The monoisotopic (exact) mass is 429 g/mol. The maximum atomic E-state index is 11.6. The van der Waals surface area contributed by atoms with Gasteiger partial charge in [0.2, 0.25) is 5.91 Å². The fraction of sp³-hybridized carbons (Fsp3) is 0.952. The van der Waals surface area contributed by atoms with Crippen molar-refractivity contribution in [3.63, 3.8) is 0 Å². The van der Waals surface area contributed by atoms with Crippen molar-refractivity contribution in [2.75, 3.05) is 12.3 Å². The summed E-state index contributed by atoms with van der Waals surface area (Å²) in [6.45, 7) is 2.56. The standard InChI is InChI=1S/C21H43NO4S.Na.H/c1-2-3-4-5-6-7-8-9-10-11-12-13-14-15-16-18-21(23)22-19-17-20-27(24,25)26;;/h2-20H2,1H3,(H,22,23)(H,24,25,26);;/q;+1;-1. The van der Waals surface area contributed by atoms with Crippen LogP contribution in [-0.4, -0.2) is 31.2 Å². The van der Waals surface area contributed by atoms with Crippen LogP contribution in [0.1, 0.15) is 118 Å². The number of rotatable bonds is 20. The Morgan fingerprint density at radius 3 is 1.54 bits per heavy atom. The smallest absolute Gasteiger partial charge is 1.00 e. The van der Waals surface area contributed by atoms with Crippen molar-refractivity contribution >= 4 is 16.0 Å². The molecule has 0 rings (SSSR count). The Hall–Kier alpha value is 0.380. The van der Waals surface area contributed by atoms with Crippen molar-refractivity contribution in [3.05, 3.63) is 0 Å². The number of unbranched alkanes of at least 4 members (excludes halogenated alkanes) is 14. The number of carbonyl (C=O) groups excluding carboxylic acids is 1. The van der Waals surface area contributed by atoms with Crippen LogP contribution in [-0.2, 0) is 14.9 Å². The zero-order valence-electron chi connectivity index (χ0n) is 19.5. The second kappa shape index (κ2) is 22.1. The van der Waals surface area contributed by atoms with E-state index in [1.807, 2.05) is 0 Å². The van der Waals surface area contributed by atoms with E-state index >= 15 is 0 Å². The van der Waals surface area contributed by atoms with Crippen molar-refractivity contribution in [1.29, 1.82) is 0 Å². The minimum Gasteiger partial charge on any atom is -1.00 e. The van der Waals surface area contributed by atoms with Crippen LogP contribution < -0.4 is 34.9 Å². The van der Waals surface area contributed by atoms with Crippen molar-refractivity contribution in [2.24, 2.45) is 0 Å². The number of carbonyl (C=O) groups is 1. The Balaban J connectivity index is -0.00000338. The summed E-state index contributed by atoms with van der Waals surface area (Å²) in [5.74, 6) is -0.327. The zero-order chi connectivity index (χ0) is 20.2. The van der Waals surface area contributed by atoms with Gasteiger partial charge in [-0.3, -0.25) is 9.35 Å². The Bertz CT molecular complexity index is 450. The molecule has 0 aliphatic heterocycles. The van der Waals surface area contributed by atoms with Gasteiger partial charge < -0.3 is 6.74 Å². The molecule has 0 spiro atoms. The van der Waals surface area contributed by atoms with Gasteiger partial charge in [-0.2, -0.15) is 8.42 Å². The van der Waals surface area contributed by atoms with E-state index < -0.39 is 10.1 Å². The van der Waals surface area contributed by atoms with Gasteiger partial charge >= 0.3 is 29.6 Å². The minimum absolute atomic E-state index is 0. The maximum Gasteiger partial charge on any atom is 1.00 e. The van der Waals surface area contributed by atoms with Crippen LogP contribution in [0.5, 0.6) is 0 Å². The molecule has 0 saturated carbocycles. The number of nitrogens with one attached hydrogen (secondary N) is 1. The average Bonchev–Trinajstić information content (AvgIpc) is 2.61. The second-order valence-electron chi connectivity index (χ2n) is 7.69. The van der Waals surface area contributed by atoms with Gasteiger partial charge in [-0.25, -0.2) is 0 Å². The summed E-state index contributed by atoms with van der Waals surface area (Å²) in [5.41, 5.74) is 0. The Morgan fingerprint density at radius 2 is 1.14 bits per heavy atom. The van der Waals surface area contributed by atoms with Gasteiger partial charge in [-0.1, -0.05) is 96.8 Å². The summed E-state index contributed by atoms with van der Waals surface area (Å²) in [6, 6.07) is 0. The van der Waals surface area contributed by atoms with E-state index in [9.17, 15) is 13.2 Å². The van der Waals surface area contributed by atoms with E-state index in [1.54, 1.807) is 0 Å². The van der Waals surface area contributed by atoms with E-state index in [0.717, 1.165) is 12.8 Å². The molecule has 7 heteroatoms. The van der Waals surface area contributed by atoms with Gasteiger partial charge in [-0.05, 0) is 12.8 Å². The summed E-state index contributed by atoms with van der Waals surface area (Å²) in [7, 11) is -3.92. The molecule has 0 bridgehead atoms. The first-order valence-electron chi connectivity index (χ1n) is 11.2. The van der Waals surface area contributed by atoms with Crippen LogP contribution in [0.25, 0.3) is 0 Å². The first-order valence-corrected chi connectivity index (χ1v) is 12.8. The molecule has 0 aromatic carbocycles. The first kappa shape index (κ1) is 30.6. The predicted octanol–water partition coefficient (Wildman–Crippen LogP) is 2.76. The Kier molecular flexibility index (Phi) is 24.1. The molecule has 164 valence electrons. The van der Waals surface area contributed by atoms with Crippen LogP contribution >= 0.6 is 0 Å². The molecule has 0 unspecified atom stereocenters. The number of amides is 1. The molecule has 0 aromatic heterocycles.